The molecule has 3 N–H and O–H groups in total. The van der Waals surface area contributed by atoms with Gasteiger partial charge in [-0.15, -0.1) is 5.69 Å². The summed E-state index contributed by atoms with van der Waals surface area (Å²) >= 11 is 0. The van der Waals surface area contributed by atoms with E-state index in [0.29, 0.717) is 24.8 Å². The van der Waals surface area contributed by atoms with E-state index in [1.54, 1.807) is 0 Å². The number of benzene rings is 2. The number of hydrogen-bond donors (Lipinski definition) is 2. The van der Waals surface area contributed by atoms with Crippen molar-refractivity contribution in [1.29, 1.82) is 0 Å². The maximum Gasteiger partial charge on any atom is 1.00 e. The molecule has 4 bridgehead atoms. The Morgan fingerprint density at radius 1 is 1.00 bits per heavy atom. The van der Waals surface area contributed by atoms with E-state index >= 15 is 0 Å². The first-order valence-corrected chi connectivity index (χ1v) is 13.2. The van der Waals surface area contributed by atoms with Gasteiger partial charge in [0, 0.05) is 17.0 Å². The summed E-state index contributed by atoms with van der Waals surface area (Å²) in [5.41, 5.74) is 3.92. The number of carbonyl (C=O) groups excluding carboxylic acids is 2. The van der Waals surface area contributed by atoms with E-state index in [9.17, 15) is 31.2 Å². The minimum absolute atomic E-state index is 0. The molecule has 0 saturated heterocycles. The number of carbonyl (C=O) groups is 2. The first-order chi connectivity index (χ1) is 16.9. The Morgan fingerprint density at radius 2 is 1.65 bits per heavy atom. The zero-order valence-corrected chi connectivity index (χ0v) is 23.0. The number of nitrogens with two attached hydrogens (primary N) is 1. The van der Waals surface area contributed by atoms with Gasteiger partial charge in [-0.25, -0.2) is 8.42 Å². The third kappa shape index (κ3) is 5.28. The van der Waals surface area contributed by atoms with Crippen LogP contribution in [0.5, 0.6) is 0 Å². The van der Waals surface area contributed by atoms with Crippen molar-refractivity contribution in [2.45, 2.75) is 49.2 Å². The quantitative estimate of drug-likeness (QED) is 0.537. The molecule has 12 heteroatoms. The van der Waals surface area contributed by atoms with Crippen LogP contribution in [0.15, 0.2) is 53.4 Å². The van der Waals surface area contributed by atoms with Gasteiger partial charge in [0.25, 0.3) is 5.91 Å². The van der Waals surface area contributed by atoms with Crippen LogP contribution < -0.4 is 40.6 Å². The van der Waals surface area contributed by atoms with E-state index in [-0.39, 0.29) is 64.6 Å². The average Bonchev–Trinajstić information content (AvgIpc) is 2.80. The Labute approximate surface area is 235 Å². The number of primary amides is 1. The van der Waals surface area contributed by atoms with E-state index in [2.05, 4.69) is 10.0 Å². The summed E-state index contributed by atoms with van der Waals surface area (Å²) in [5, 5.41) is 3.05. The van der Waals surface area contributed by atoms with Gasteiger partial charge in [-0.05, 0) is 68.1 Å². The van der Waals surface area contributed by atoms with Gasteiger partial charge in [0.2, 0.25) is 5.91 Å². The molecular weight excluding hydrogens is 518 g/mol. The zero-order valence-electron chi connectivity index (χ0n) is 20.2. The second kappa shape index (κ2) is 9.91. The summed E-state index contributed by atoms with van der Waals surface area (Å²) in [7, 11) is -4.70. The fraction of sp³-hybridized carbons (Fsp3) is 0.440. The average molecular weight is 544 g/mol. The molecule has 6 rings (SSSR count). The van der Waals surface area contributed by atoms with Crippen molar-refractivity contribution in [3.63, 3.8) is 0 Å². The summed E-state index contributed by atoms with van der Waals surface area (Å²) in [6.07, 6.45) is -0.928. The van der Waals surface area contributed by atoms with Gasteiger partial charge in [0.15, 0.2) is 0 Å². The molecule has 192 valence electrons. The molecule has 4 aliphatic rings. The van der Waals surface area contributed by atoms with E-state index in [1.165, 1.54) is 30.3 Å². The number of sulfonamides is 1. The van der Waals surface area contributed by atoms with E-state index in [4.69, 9.17) is 5.73 Å². The van der Waals surface area contributed by atoms with Crippen LogP contribution in [0.4, 0.5) is 18.9 Å². The zero-order chi connectivity index (χ0) is 25.9. The fourth-order valence-electron chi connectivity index (χ4n) is 6.61. The Kier molecular flexibility index (Phi) is 7.48. The summed E-state index contributed by atoms with van der Waals surface area (Å²) in [5.74, 6) is 0.00901. The van der Waals surface area contributed by atoms with Crippen LogP contribution in [0.25, 0.3) is 4.72 Å². The topological polar surface area (TPSA) is 120 Å². The van der Waals surface area contributed by atoms with Crippen LogP contribution in [0.2, 0.25) is 0 Å². The Balaban J connectivity index is 0.00000320. The minimum Gasteiger partial charge on any atom is -0.573 e. The summed E-state index contributed by atoms with van der Waals surface area (Å²) in [6, 6.07) is 9.17. The molecular formula is C25H25F3N3NaO4S. The summed E-state index contributed by atoms with van der Waals surface area (Å²) < 4.78 is 68.9. The largest absolute Gasteiger partial charge is 1.00 e. The van der Waals surface area contributed by atoms with Crippen molar-refractivity contribution in [2.24, 2.45) is 28.9 Å². The smallest absolute Gasteiger partial charge is 0.573 e. The van der Waals surface area contributed by atoms with Gasteiger partial charge in [0.1, 0.15) is 10.0 Å². The third-order valence-electron chi connectivity index (χ3n) is 7.90. The first-order valence-electron chi connectivity index (χ1n) is 11.7. The second-order valence-corrected chi connectivity index (χ2v) is 11.8. The molecule has 4 aliphatic carbocycles. The number of halogens is 3. The normalized spacial score (nSPS) is 28.3. The van der Waals surface area contributed by atoms with Crippen molar-refractivity contribution >= 4 is 27.5 Å². The monoisotopic (exact) mass is 543 g/mol. The van der Waals surface area contributed by atoms with Gasteiger partial charge < -0.3 is 15.8 Å². The van der Waals surface area contributed by atoms with E-state index in [0.717, 1.165) is 31.4 Å². The van der Waals surface area contributed by atoms with Gasteiger partial charge in [-0.2, -0.15) is 13.2 Å². The number of rotatable bonds is 6. The predicted octanol–water partition coefficient (Wildman–Crippen LogP) is 1.51. The van der Waals surface area contributed by atoms with Crippen molar-refractivity contribution < 1.29 is 60.7 Å². The van der Waals surface area contributed by atoms with Crippen LogP contribution in [0.1, 0.15) is 48.0 Å². The van der Waals surface area contributed by atoms with Crippen molar-refractivity contribution in [1.82, 2.24) is 5.32 Å². The van der Waals surface area contributed by atoms with Crippen LogP contribution in [-0.4, -0.2) is 26.3 Å². The van der Waals surface area contributed by atoms with Gasteiger partial charge in [0.05, 0.1) is 10.5 Å². The third-order valence-corrected chi connectivity index (χ3v) is 9.26. The van der Waals surface area contributed by atoms with Crippen LogP contribution >= 0.6 is 0 Å². The number of hydrogen-bond acceptors (Lipinski definition) is 4. The first kappa shape index (κ1) is 27.9. The molecule has 0 radical (unpaired) electrons. The molecule has 2 aromatic carbocycles. The molecule has 2 aromatic rings. The van der Waals surface area contributed by atoms with Crippen molar-refractivity contribution in [2.75, 3.05) is 0 Å². The maximum atomic E-state index is 13.3. The molecule has 37 heavy (non-hydrogen) atoms. The van der Waals surface area contributed by atoms with Gasteiger partial charge in [-0.1, -0.05) is 30.3 Å². The molecule has 4 saturated carbocycles. The van der Waals surface area contributed by atoms with Gasteiger partial charge >= 0.3 is 35.7 Å². The second-order valence-electron chi connectivity index (χ2n) is 10.2. The maximum absolute atomic E-state index is 13.3. The number of alkyl halides is 3. The molecule has 2 atom stereocenters. The van der Waals surface area contributed by atoms with Gasteiger partial charge in [-0.3, -0.25) is 9.59 Å². The Morgan fingerprint density at radius 3 is 2.27 bits per heavy atom. The van der Waals surface area contributed by atoms with Crippen LogP contribution in [-0.2, 0) is 21.0 Å². The number of nitrogens with one attached hydrogen (secondary N) is 1. The predicted molar refractivity (Wildman–Crippen MR) is 125 cm³/mol. The molecule has 7 nitrogen and oxygen atoms in total. The van der Waals surface area contributed by atoms with Crippen LogP contribution in [0, 0.1) is 23.2 Å². The Bertz CT molecular complexity index is 1320. The SMILES string of the molecule is NC(=O)C12CC3CC(C1)C(NC(=O)c1cccc([N-]S(=O)(=O)c4ccccc4C(F)(F)F)c1)C(C3)C2.[Na+]. The molecule has 0 heterocycles. The summed E-state index contributed by atoms with van der Waals surface area (Å²) in [6.45, 7) is 0. The molecule has 0 aliphatic heterocycles. The summed E-state index contributed by atoms with van der Waals surface area (Å²) in [4.78, 5) is 24.3. The van der Waals surface area contributed by atoms with Crippen molar-refractivity contribution in [3.05, 3.63) is 64.4 Å². The Hall–Kier alpha value is -2.08. The minimum atomic E-state index is -4.87. The van der Waals surface area contributed by atoms with E-state index in [1.807, 2.05) is 0 Å². The molecule has 2 amide bonds. The molecule has 0 spiro atoms. The van der Waals surface area contributed by atoms with Crippen LogP contribution in [0.3, 0.4) is 0 Å². The fourth-order valence-corrected chi connectivity index (χ4v) is 7.82. The number of amides is 2. The standard InChI is InChI=1S/C25H25F3N3O4S.Na/c26-25(27,28)19-6-1-2-7-20(19)36(34,35)31-18-5-3-4-15(10-18)22(32)30-21-16-8-14-9-17(21)13-24(11-14,12-16)23(29)33;/h1-7,10,14,16-17,21H,8-9,11-13H2,(H2,29,33)(H,30,32);/q-1;+1. The van der Waals surface area contributed by atoms with Crippen molar-refractivity contribution in [3.8, 4) is 0 Å². The van der Waals surface area contributed by atoms with E-state index < -0.39 is 38.0 Å². The molecule has 2 unspecified atom stereocenters. The molecule has 0 aromatic heterocycles. The molecule has 4 fully saturated rings. The number of nitrogens with zero attached hydrogens (tertiary/aromatic N) is 1.